The SMILES string of the molecule is CCS(=O)(=O)N[C@H](CC(C)C)C(=O)N1CCCCC1. The van der Waals surface area contributed by atoms with Gasteiger partial charge < -0.3 is 4.90 Å². The molecule has 0 radical (unpaired) electrons. The van der Waals surface area contributed by atoms with Gasteiger partial charge in [-0.1, -0.05) is 13.8 Å². The van der Waals surface area contributed by atoms with E-state index in [4.69, 9.17) is 0 Å². The number of carbonyl (C=O) groups excluding carboxylic acids is 1. The number of nitrogens with zero attached hydrogens (tertiary/aromatic N) is 1. The molecule has 5 nitrogen and oxygen atoms in total. The van der Waals surface area contributed by atoms with Crippen molar-refractivity contribution < 1.29 is 13.2 Å². The Kier molecular flexibility index (Phi) is 6.26. The first-order chi connectivity index (χ1) is 8.85. The largest absolute Gasteiger partial charge is 0.341 e. The average Bonchev–Trinajstić information content (AvgIpc) is 2.37. The molecule has 0 aromatic rings. The molecule has 0 bridgehead atoms. The van der Waals surface area contributed by atoms with Gasteiger partial charge in [0.1, 0.15) is 6.04 Å². The van der Waals surface area contributed by atoms with E-state index in [1.807, 2.05) is 13.8 Å². The van der Waals surface area contributed by atoms with Crippen molar-refractivity contribution in [1.82, 2.24) is 9.62 Å². The van der Waals surface area contributed by atoms with Crippen LogP contribution in [-0.2, 0) is 14.8 Å². The van der Waals surface area contributed by atoms with Crippen molar-refractivity contribution >= 4 is 15.9 Å². The van der Waals surface area contributed by atoms with Crippen molar-refractivity contribution in [2.75, 3.05) is 18.8 Å². The van der Waals surface area contributed by atoms with E-state index in [1.165, 1.54) is 0 Å². The van der Waals surface area contributed by atoms with E-state index in [0.717, 1.165) is 32.4 Å². The third kappa shape index (κ3) is 5.48. The molecule has 1 rings (SSSR count). The summed E-state index contributed by atoms with van der Waals surface area (Å²) in [5, 5.41) is 0. The highest BCUT2D eigenvalue weighted by Gasteiger charge is 2.29. The van der Waals surface area contributed by atoms with Gasteiger partial charge in [0, 0.05) is 13.1 Å². The minimum atomic E-state index is -3.35. The maximum atomic E-state index is 12.4. The van der Waals surface area contributed by atoms with Gasteiger partial charge in [0.2, 0.25) is 15.9 Å². The topological polar surface area (TPSA) is 66.5 Å². The van der Waals surface area contributed by atoms with Gasteiger partial charge in [0.05, 0.1) is 5.75 Å². The zero-order valence-corrected chi connectivity index (χ0v) is 13.0. The van der Waals surface area contributed by atoms with Crippen LogP contribution in [0.1, 0.15) is 46.5 Å². The number of rotatable bonds is 6. The zero-order valence-electron chi connectivity index (χ0n) is 12.2. The molecule has 112 valence electrons. The zero-order chi connectivity index (χ0) is 14.5. The standard InChI is InChI=1S/C13H26N2O3S/c1-4-19(17,18)14-12(10-11(2)3)13(16)15-8-6-5-7-9-15/h11-12,14H,4-10H2,1-3H3/t12-/m1/s1. The Hall–Kier alpha value is -0.620. The highest BCUT2D eigenvalue weighted by Crippen LogP contribution is 2.14. The molecule has 19 heavy (non-hydrogen) atoms. The van der Waals surface area contributed by atoms with E-state index >= 15 is 0 Å². The molecular formula is C13H26N2O3S. The second kappa shape index (κ2) is 7.24. The van der Waals surface area contributed by atoms with Gasteiger partial charge in [0.25, 0.3) is 0 Å². The molecular weight excluding hydrogens is 264 g/mol. The van der Waals surface area contributed by atoms with Gasteiger partial charge in [-0.15, -0.1) is 0 Å². The Labute approximate surface area is 116 Å². The van der Waals surface area contributed by atoms with Crippen molar-refractivity contribution in [1.29, 1.82) is 0 Å². The number of piperidine rings is 1. The lowest BCUT2D eigenvalue weighted by atomic mass is 10.0. The molecule has 1 aliphatic heterocycles. The van der Waals surface area contributed by atoms with Crippen molar-refractivity contribution in [2.24, 2.45) is 5.92 Å². The molecule has 1 N–H and O–H groups in total. The summed E-state index contributed by atoms with van der Waals surface area (Å²) in [5.41, 5.74) is 0. The van der Waals surface area contributed by atoms with Gasteiger partial charge in [-0.3, -0.25) is 4.79 Å². The van der Waals surface area contributed by atoms with Crippen molar-refractivity contribution in [3.63, 3.8) is 0 Å². The Morgan fingerprint density at radius 1 is 1.21 bits per heavy atom. The minimum absolute atomic E-state index is 0.00880. The Balaban J connectivity index is 2.74. The van der Waals surface area contributed by atoms with Crippen LogP contribution in [0.5, 0.6) is 0 Å². The van der Waals surface area contributed by atoms with Crippen LogP contribution in [0, 0.1) is 5.92 Å². The normalized spacial score (nSPS) is 18.6. The van der Waals surface area contributed by atoms with Crippen LogP contribution < -0.4 is 4.72 Å². The van der Waals surface area contributed by atoms with E-state index in [-0.39, 0.29) is 17.6 Å². The monoisotopic (exact) mass is 290 g/mol. The number of likely N-dealkylation sites (tertiary alicyclic amines) is 1. The molecule has 0 aromatic heterocycles. The Bertz CT molecular complexity index is 387. The second-order valence-electron chi connectivity index (χ2n) is 5.59. The number of nitrogens with one attached hydrogen (secondary N) is 1. The fourth-order valence-corrected chi connectivity index (χ4v) is 3.10. The third-order valence-corrected chi connectivity index (χ3v) is 4.78. The van der Waals surface area contributed by atoms with Crippen LogP contribution >= 0.6 is 0 Å². The predicted octanol–water partition coefficient (Wildman–Crippen LogP) is 1.35. The summed E-state index contributed by atoms with van der Waals surface area (Å²) in [6.07, 6.45) is 3.73. The Morgan fingerprint density at radius 3 is 2.26 bits per heavy atom. The fourth-order valence-electron chi connectivity index (χ4n) is 2.31. The van der Waals surface area contributed by atoms with Crippen LogP contribution in [0.2, 0.25) is 0 Å². The average molecular weight is 290 g/mol. The van der Waals surface area contributed by atoms with E-state index in [1.54, 1.807) is 11.8 Å². The second-order valence-corrected chi connectivity index (χ2v) is 7.63. The lowest BCUT2D eigenvalue weighted by Gasteiger charge is -2.31. The van der Waals surface area contributed by atoms with E-state index in [9.17, 15) is 13.2 Å². The predicted molar refractivity (Wildman–Crippen MR) is 76.3 cm³/mol. The summed E-state index contributed by atoms with van der Waals surface area (Å²) < 4.78 is 25.9. The van der Waals surface area contributed by atoms with Crippen LogP contribution in [0.4, 0.5) is 0 Å². The van der Waals surface area contributed by atoms with E-state index in [2.05, 4.69) is 4.72 Å². The molecule has 1 amide bonds. The summed E-state index contributed by atoms with van der Waals surface area (Å²) >= 11 is 0. The molecule has 0 unspecified atom stereocenters. The first kappa shape index (κ1) is 16.4. The van der Waals surface area contributed by atoms with E-state index in [0.29, 0.717) is 6.42 Å². The number of carbonyl (C=O) groups is 1. The summed E-state index contributed by atoms with van der Waals surface area (Å²) in [6.45, 7) is 7.08. The molecule has 1 heterocycles. The first-order valence-electron chi connectivity index (χ1n) is 7.14. The van der Waals surface area contributed by atoms with Crippen molar-refractivity contribution in [2.45, 2.75) is 52.5 Å². The van der Waals surface area contributed by atoms with Gasteiger partial charge in [-0.2, -0.15) is 0 Å². The lowest BCUT2D eigenvalue weighted by molar-refractivity contribution is -0.134. The maximum Gasteiger partial charge on any atom is 0.240 e. The smallest absolute Gasteiger partial charge is 0.240 e. The van der Waals surface area contributed by atoms with Crippen LogP contribution in [0.25, 0.3) is 0 Å². The van der Waals surface area contributed by atoms with Gasteiger partial charge in [-0.25, -0.2) is 13.1 Å². The molecule has 1 fully saturated rings. The fraction of sp³-hybridized carbons (Fsp3) is 0.923. The minimum Gasteiger partial charge on any atom is -0.341 e. The molecule has 0 saturated carbocycles. The van der Waals surface area contributed by atoms with Crippen molar-refractivity contribution in [3.8, 4) is 0 Å². The summed E-state index contributed by atoms with van der Waals surface area (Å²) in [4.78, 5) is 14.2. The molecule has 0 aliphatic carbocycles. The highest BCUT2D eigenvalue weighted by atomic mass is 32.2. The molecule has 1 atom stereocenters. The summed E-state index contributed by atoms with van der Waals surface area (Å²) in [5.74, 6) is 0.221. The highest BCUT2D eigenvalue weighted by molar-refractivity contribution is 7.89. The molecule has 0 aromatic carbocycles. The van der Waals surface area contributed by atoms with Crippen LogP contribution in [0.3, 0.4) is 0 Å². The number of hydrogen-bond acceptors (Lipinski definition) is 3. The quantitative estimate of drug-likeness (QED) is 0.803. The number of hydrogen-bond donors (Lipinski definition) is 1. The lowest BCUT2D eigenvalue weighted by Crippen LogP contribution is -2.50. The Morgan fingerprint density at radius 2 is 1.79 bits per heavy atom. The maximum absolute atomic E-state index is 12.4. The number of sulfonamides is 1. The number of amides is 1. The van der Waals surface area contributed by atoms with Crippen LogP contribution in [-0.4, -0.2) is 44.1 Å². The van der Waals surface area contributed by atoms with Gasteiger partial charge >= 0.3 is 0 Å². The third-order valence-electron chi connectivity index (χ3n) is 3.37. The van der Waals surface area contributed by atoms with E-state index < -0.39 is 16.1 Å². The van der Waals surface area contributed by atoms with Crippen molar-refractivity contribution in [3.05, 3.63) is 0 Å². The van der Waals surface area contributed by atoms with Gasteiger partial charge in [0.15, 0.2) is 0 Å². The van der Waals surface area contributed by atoms with Crippen LogP contribution in [0.15, 0.2) is 0 Å². The summed E-state index contributed by atoms with van der Waals surface area (Å²) in [6, 6.07) is -0.608. The molecule has 1 aliphatic rings. The summed E-state index contributed by atoms with van der Waals surface area (Å²) in [7, 11) is -3.35. The molecule has 1 saturated heterocycles. The molecule has 0 spiro atoms. The first-order valence-corrected chi connectivity index (χ1v) is 8.79. The van der Waals surface area contributed by atoms with Gasteiger partial charge in [-0.05, 0) is 38.5 Å². The molecule has 6 heteroatoms.